The Hall–Kier alpha value is -1.63. The first-order valence-corrected chi connectivity index (χ1v) is 6.98. The van der Waals surface area contributed by atoms with E-state index in [-0.39, 0.29) is 36.1 Å². The number of carbonyl (C=O) groups is 1. The summed E-state index contributed by atoms with van der Waals surface area (Å²) in [7, 11) is -2.99. The highest BCUT2D eigenvalue weighted by Gasteiger charge is 2.25. The second-order valence-corrected chi connectivity index (χ2v) is 6.19. The Kier molecular flexibility index (Phi) is 3.01. The van der Waals surface area contributed by atoms with Crippen molar-refractivity contribution < 1.29 is 13.2 Å². The van der Waals surface area contributed by atoms with E-state index in [1.54, 1.807) is 0 Å². The highest BCUT2D eigenvalue weighted by molar-refractivity contribution is 7.91. The maximum atomic E-state index is 11.9. The molecule has 2 rings (SSSR count). The molecule has 1 aliphatic heterocycles. The third-order valence-corrected chi connectivity index (χ3v) is 4.27. The molecule has 7 heteroatoms. The predicted molar refractivity (Wildman–Crippen MR) is 61.6 cm³/mol. The molecule has 1 saturated heterocycles. The number of aromatic amines is 1. The van der Waals surface area contributed by atoms with Crippen molar-refractivity contribution in [2.24, 2.45) is 0 Å². The van der Waals surface area contributed by atoms with Gasteiger partial charge >= 0.3 is 0 Å². The first-order chi connectivity index (χ1) is 7.98. The molecule has 92 valence electrons. The van der Waals surface area contributed by atoms with Gasteiger partial charge in [-0.1, -0.05) is 0 Å². The normalized spacial score (nSPS) is 18.9. The third kappa shape index (κ3) is 2.73. The number of H-pyrrole nitrogens is 1. The lowest BCUT2D eigenvalue weighted by Crippen LogP contribution is -2.43. The zero-order valence-electron chi connectivity index (χ0n) is 9.05. The van der Waals surface area contributed by atoms with Gasteiger partial charge in [-0.3, -0.25) is 9.59 Å². The predicted octanol–water partition coefficient (Wildman–Crippen LogP) is -0.754. The molecule has 17 heavy (non-hydrogen) atoms. The van der Waals surface area contributed by atoms with Crippen molar-refractivity contribution in [3.8, 4) is 0 Å². The molecule has 1 aromatic heterocycles. The minimum atomic E-state index is -2.99. The van der Waals surface area contributed by atoms with Gasteiger partial charge in [-0.15, -0.1) is 0 Å². The van der Waals surface area contributed by atoms with Crippen molar-refractivity contribution in [1.82, 2.24) is 9.88 Å². The summed E-state index contributed by atoms with van der Waals surface area (Å²) in [6.45, 7) is 0.417. The van der Waals surface area contributed by atoms with Crippen LogP contribution in [0.15, 0.2) is 23.1 Å². The fourth-order valence-corrected chi connectivity index (χ4v) is 2.84. The summed E-state index contributed by atoms with van der Waals surface area (Å²) in [5.41, 5.74) is 0.0895. The molecule has 0 aromatic carbocycles. The zero-order valence-corrected chi connectivity index (χ0v) is 9.87. The first-order valence-electron chi connectivity index (χ1n) is 5.16. The van der Waals surface area contributed by atoms with Crippen LogP contribution in [0.2, 0.25) is 0 Å². The van der Waals surface area contributed by atoms with Crippen LogP contribution in [0.4, 0.5) is 0 Å². The van der Waals surface area contributed by atoms with Crippen molar-refractivity contribution in [2.75, 3.05) is 24.6 Å². The Bertz CT molecular complexity index is 556. The number of amides is 1. The van der Waals surface area contributed by atoms with Crippen molar-refractivity contribution in [2.45, 2.75) is 0 Å². The molecule has 0 radical (unpaired) electrons. The Morgan fingerprint density at radius 1 is 1.24 bits per heavy atom. The molecule has 0 atom stereocenters. The number of sulfone groups is 1. The molecule has 0 bridgehead atoms. The molecule has 2 heterocycles. The highest BCUT2D eigenvalue weighted by atomic mass is 32.2. The number of hydrogen-bond donors (Lipinski definition) is 1. The van der Waals surface area contributed by atoms with Crippen molar-refractivity contribution >= 4 is 15.7 Å². The van der Waals surface area contributed by atoms with Gasteiger partial charge < -0.3 is 9.88 Å². The van der Waals surface area contributed by atoms with Gasteiger partial charge in [0.1, 0.15) is 0 Å². The van der Waals surface area contributed by atoms with E-state index in [2.05, 4.69) is 4.98 Å². The van der Waals surface area contributed by atoms with Gasteiger partial charge in [-0.25, -0.2) is 8.42 Å². The summed E-state index contributed by atoms with van der Waals surface area (Å²) >= 11 is 0. The summed E-state index contributed by atoms with van der Waals surface area (Å²) in [5, 5.41) is 0. The summed E-state index contributed by atoms with van der Waals surface area (Å²) < 4.78 is 22.4. The number of aromatic nitrogens is 1. The molecule has 0 unspecified atom stereocenters. The van der Waals surface area contributed by atoms with Crippen LogP contribution < -0.4 is 5.56 Å². The lowest BCUT2D eigenvalue weighted by molar-refractivity contribution is 0.0770. The maximum absolute atomic E-state index is 11.9. The molecule has 0 spiro atoms. The second kappa shape index (κ2) is 4.33. The fourth-order valence-electron chi connectivity index (χ4n) is 1.64. The fraction of sp³-hybridized carbons (Fsp3) is 0.400. The SMILES string of the molecule is O=C(c1ccc(=O)[nH]c1)N1CCS(=O)(=O)CC1. The van der Waals surface area contributed by atoms with E-state index in [0.717, 1.165) is 0 Å². The van der Waals surface area contributed by atoms with Crippen LogP contribution in [0.3, 0.4) is 0 Å². The van der Waals surface area contributed by atoms with Gasteiger partial charge in [0.2, 0.25) is 5.56 Å². The molecule has 1 aliphatic rings. The van der Waals surface area contributed by atoms with E-state index < -0.39 is 9.84 Å². The monoisotopic (exact) mass is 256 g/mol. The summed E-state index contributed by atoms with van der Waals surface area (Å²) in [4.78, 5) is 26.7. The van der Waals surface area contributed by atoms with Crippen molar-refractivity contribution in [3.63, 3.8) is 0 Å². The lowest BCUT2D eigenvalue weighted by atomic mass is 10.2. The molecule has 0 saturated carbocycles. The number of rotatable bonds is 1. The minimum Gasteiger partial charge on any atom is -0.337 e. The summed E-state index contributed by atoms with van der Waals surface area (Å²) in [5.74, 6) is -0.249. The van der Waals surface area contributed by atoms with Gasteiger partial charge in [0, 0.05) is 25.4 Å². The summed E-state index contributed by atoms with van der Waals surface area (Å²) in [6, 6.07) is 2.71. The zero-order chi connectivity index (χ0) is 12.5. The van der Waals surface area contributed by atoms with Gasteiger partial charge in [0.05, 0.1) is 17.1 Å². The van der Waals surface area contributed by atoms with Crippen LogP contribution in [0.25, 0.3) is 0 Å². The van der Waals surface area contributed by atoms with Crippen LogP contribution in [0, 0.1) is 0 Å². The number of pyridine rings is 1. The number of nitrogens with zero attached hydrogens (tertiary/aromatic N) is 1. The number of hydrogen-bond acceptors (Lipinski definition) is 4. The van der Waals surface area contributed by atoms with Gasteiger partial charge in [0.25, 0.3) is 5.91 Å². The lowest BCUT2D eigenvalue weighted by Gasteiger charge is -2.26. The van der Waals surface area contributed by atoms with E-state index in [4.69, 9.17) is 0 Å². The average molecular weight is 256 g/mol. The third-order valence-electron chi connectivity index (χ3n) is 2.66. The van der Waals surface area contributed by atoms with E-state index in [1.807, 2.05) is 0 Å². The van der Waals surface area contributed by atoms with Crippen molar-refractivity contribution in [1.29, 1.82) is 0 Å². The van der Waals surface area contributed by atoms with Crippen LogP contribution >= 0.6 is 0 Å². The van der Waals surface area contributed by atoms with E-state index >= 15 is 0 Å². The molecule has 1 aromatic rings. The molecule has 1 fully saturated rings. The van der Waals surface area contributed by atoms with Crippen LogP contribution in [0.1, 0.15) is 10.4 Å². The Balaban J connectivity index is 2.12. The number of nitrogens with one attached hydrogen (secondary N) is 1. The Morgan fingerprint density at radius 3 is 2.41 bits per heavy atom. The van der Waals surface area contributed by atoms with E-state index in [0.29, 0.717) is 5.56 Å². The largest absolute Gasteiger partial charge is 0.337 e. The van der Waals surface area contributed by atoms with Crippen molar-refractivity contribution in [3.05, 3.63) is 34.2 Å². The van der Waals surface area contributed by atoms with E-state index in [9.17, 15) is 18.0 Å². The first kappa shape index (κ1) is 11.8. The van der Waals surface area contributed by atoms with Gasteiger partial charge in [-0.05, 0) is 6.07 Å². The summed E-state index contributed by atoms with van der Waals surface area (Å²) in [6.07, 6.45) is 1.34. The molecular weight excluding hydrogens is 244 g/mol. The number of carbonyl (C=O) groups excluding carboxylic acids is 1. The second-order valence-electron chi connectivity index (χ2n) is 3.89. The standard InChI is InChI=1S/C10H12N2O4S/c13-9-2-1-8(7-11-9)10(14)12-3-5-17(15,16)6-4-12/h1-2,7H,3-6H2,(H,11,13). The molecule has 1 amide bonds. The minimum absolute atomic E-state index is 0.00208. The highest BCUT2D eigenvalue weighted by Crippen LogP contribution is 2.08. The maximum Gasteiger partial charge on any atom is 0.255 e. The average Bonchev–Trinajstić information content (AvgIpc) is 2.29. The Morgan fingerprint density at radius 2 is 1.88 bits per heavy atom. The smallest absolute Gasteiger partial charge is 0.255 e. The van der Waals surface area contributed by atoms with Crippen LogP contribution in [0.5, 0.6) is 0 Å². The van der Waals surface area contributed by atoms with Crippen LogP contribution in [-0.4, -0.2) is 48.8 Å². The molecule has 1 N–H and O–H groups in total. The molecular formula is C10H12N2O4S. The quantitative estimate of drug-likeness (QED) is 0.716. The van der Waals surface area contributed by atoms with Crippen LogP contribution in [-0.2, 0) is 9.84 Å². The van der Waals surface area contributed by atoms with Gasteiger partial charge in [0.15, 0.2) is 9.84 Å². The molecule has 6 nitrogen and oxygen atoms in total. The Labute approximate surface area is 98.2 Å². The molecule has 0 aliphatic carbocycles. The van der Waals surface area contributed by atoms with Gasteiger partial charge in [-0.2, -0.15) is 0 Å². The topological polar surface area (TPSA) is 87.3 Å². The van der Waals surface area contributed by atoms with E-state index in [1.165, 1.54) is 23.2 Å².